The highest BCUT2D eigenvalue weighted by Crippen LogP contribution is 2.20. The summed E-state index contributed by atoms with van der Waals surface area (Å²) >= 11 is 4.35. The van der Waals surface area contributed by atoms with Gasteiger partial charge in [0.15, 0.2) is 0 Å². The zero-order chi connectivity index (χ0) is 14.4. The summed E-state index contributed by atoms with van der Waals surface area (Å²) in [4.78, 5) is 0. The molecule has 1 aromatic heterocycles. The summed E-state index contributed by atoms with van der Waals surface area (Å²) in [5, 5.41) is 21.8. The molecule has 8 heteroatoms. The van der Waals surface area contributed by atoms with Crippen LogP contribution in [0.5, 0.6) is 5.88 Å². The lowest BCUT2D eigenvalue weighted by atomic mass is 10.2. The monoisotopic (exact) mass is 354 g/mol. The molecule has 1 unspecified atom stereocenters. The van der Waals surface area contributed by atoms with Crippen LogP contribution in [0.1, 0.15) is 5.56 Å². The molecule has 1 atom stereocenters. The van der Waals surface area contributed by atoms with Gasteiger partial charge in [-0.1, -0.05) is 15.9 Å². The molecule has 0 aliphatic heterocycles. The SMILES string of the molecule is N#Cc1cc(Br)ccc1NCC(O)COc1cnsn1. The molecular weight excluding hydrogens is 344 g/mol. The van der Waals surface area contributed by atoms with E-state index in [-0.39, 0.29) is 13.2 Å². The van der Waals surface area contributed by atoms with Gasteiger partial charge in [-0.05, 0) is 18.2 Å². The third-order valence-electron chi connectivity index (χ3n) is 2.39. The van der Waals surface area contributed by atoms with Gasteiger partial charge in [0.05, 0.1) is 23.0 Å². The number of aliphatic hydroxyl groups excluding tert-OH is 1. The van der Waals surface area contributed by atoms with Gasteiger partial charge in [-0.15, -0.1) is 4.37 Å². The van der Waals surface area contributed by atoms with Gasteiger partial charge >= 0.3 is 0 Å². The van der Waals surface area contributed by atoms with E-state index in [1.165, 1.54) is 6.20 Å². The Bertz CT molecular complexity index is 600. The number of hydrogen-bond acceptors (Lipinski definition) is 7. The van der Waals surface area contributed by atoms with Crippen molar-refractivity contribution in [2.45, 2.75) is 6.10 Å². The number of aliphatic hydroxyl groups is 1. The third kappa shape index (κ3) is 4.16. The van der Waals surface area contributed by atoms with Crippen LogP contribution in [0.25, 0.3) is 0 Å². The van der Waals surface area contributed by atoms with Gasteiger partial charge in [0.1, 0.15) is 25.0 Å². The number of nitrogens with one attached hydrogen (secondary N) is 1. The molecule has 20 heavy (non-hydrogen) atoms. The fourth-order valence-electron chi connectivity index (χ4n) is 1.45. The minimum absolute atomic E-state index is 0.108. The predicted octanol–water partition coefficient (Wildman–Crippen LogP) is 2.02. The van der Waals surface area contributed by atoms with Crippen LogP contribution in [-0.4, -0.2) is 33.1 Å². The van der Waals surface area contributed by atoms with Crippen molar-refractivity contribution >= 4 is 33.3 Å². The minimum Gasteiger partial charge on any atom is -0.473 e. The van der Waals surface area contributed by atoms with Gasteiger partial charge in [-0.2, -0.15) is 9.64 Å². The number of anilines is 1. The van der Waals surface area contributed by atoms with Crippen LogP contribution in [0.15, 0.2) is 28.9 Å². The van der Waals surface area contributed by atoms with E-state index in [0.717, 1.165) is 16.2 Å². The molecule has 0 saturated heterocycles. The molecule has 104 valence electrons. The Balaban J connectivity index is 1.84. The summed E-state index contributed by atoms with van der Waals surface area (Å²) in [5.41, 5.74) is 1.18. The number of benzene rings is 1. The fraction of sp³-hybridized carbons (Fsp3) is 0.250. The summed E-state index contributed by atoms with van der Waals surface area (Å²) in [6, 6.07) is 7.41. The van der Waals surface area contributed by atoms with Crippen LogP contribution in [-0.2, 0) is 0 Å². The molecule has 0 saturated carbocycles. The molecular formula is C12H11BrN4O2S. The van der Waals surface area contributed by atoms with Crippen molar-refractivity contribution in [1.29, 1.82) is 5.26 Å². The maximum Gasteiger partial charge on any atom is 0.245 e. The summed E-state index contributed by atoms with van der Waals surface area (Å²) in [6.45, 7) is 0.380. The molecule has 1 aromatic carbocycles. The van der Waals surface area contributed by atoms with E-state index in [4.69, 9.17) is 10.00 Å². The van der Waals surface area contributed by atoms with Crippen LogP contribution in [0.2, 0.25) is 0 Å². The molecule has 1 heterocycles. The number of hydrogen-bond donors (Lipinski definition) is 2. The highest BCUT2D eigenvalue weighted by atomic mass is 79.9. The molecule has 0 fully saturated rings. The Kier molecular flexibility index (Phi) is 5.29. The predicted molar refractivity (Wildman–Crippen MR) is 78.8 cm³/mol. The topological polar surface area (TPSA) is 91.1 Å². The maximum atomic E-state index is 9.80. The van der Waals surface area contributed by atoms with Crippen LogP contribution >= 0.6 is 27.7 Å². The fourth-order valence-corrected chi connectivity index (χ4v) is 2.18. The average molecular weight is 355 g/mol. The van der Waals surface area contributed by atoms with Crippen molar-refractivity contribution in [3.05, 3.63) is 34.4 Å². The second-order valence-electron chi connectivity index (χ2n) is 3.89. The van der Waals surface area contributed by atoms with Gasteiger partial charge in [-0.25, -0.2) is 0 Å². The molecule has 0 aliphatic rings. The number of nitrogens with zero attached hydrogens (tertiary/aromatic N) is 3. The second-order valence-corrected chi connectivity index (χ2v) is 5.37. The summed E-state index contributed by atoms with van der Waals surface area (Å²) in [6.07, 6.45) is 0.778. The zero-order valence-corrected chi connectivity index (χ0v) is 12.7. The number of aromatic nitrogens is 2. The van der Waals surface area contributed by atoms with Crippen molar-refractivity contribution in [2.24, 2.45) is 0 Å². The number of rotatable bonds is 6. The van der Waals surface area contributed by atoms with E-state index in [0.29, 0.717) is 17.1 Å². The van der Waals surface area contributed by atoms with Crippen molar-refractivity contribution in [3.8, 4) is 11.9 Å². The van der Waals surface area contributed by atoms with Crippen LogP contribution < -0.4 is 10.1 Å². The van der Waals surface area contributed by atoms with E-state index in [9.17, 15) is 5.11 Å². The van der Waals surface area contributed by atoms with Crippen LogP contribution in [0.3, 0.4) is 0 Å². The maximum absolute atomic E-state index is 9.80. The Morgan fingerprint density at radius 2 is 2.40 bits per heavy atom. The standard InChI is InChI=1S/C12H11BrN4O2S/c13-9-1-2-11(8(3-9)4-14)15-5-10(18)7-19-12-6-16-20-17-12/h1-3,6,10,15,18H,5,7H2. The normalized spacial score (nSPS) is 11.7. The van der Waals surface area contributed by atoms with Gasteiger partial charge in [0.2, 0.25) is 5.88 Å². The smallest absolute Gasteiger partial charge is 0.245 e. The van der Waals surface area contributed by atoms with E-state index in [1.54, 1.807) is 12.1 Å². The second kappa shape index (κ2) is 7.19. The molecule has 0 aliphatic carbocycles. The van der Waals surface area contributed by atoms with Gasteiger partial charge in [0.25, 0.3) is 0 Å². The third-order valence-corrected chi connectivity index (χ3v) is 3.35. The molecule has 0 bridgehead atoms. The lowest BCUT2D eigenvalue weighted by Gasteiger charge is -2.13. The molecule has 0 spiro atoms. The largest absolute Gasteiger partial charge is 0.473 e. The Labute approximate surface area is 128 Å². The molecule has 0 amide bonds. The van der Waals surface area contributed by atoms with Crippen molar-refractivity contribution in [3.63, 3.8) is 0 Å². The highest BCUT2D eigenvalue weighted by Gasteiger charge is 2.08. The zero-order valence-electron chi connectivity index (χ0n) is 10.3. The van der Waals surface area contributed by atoms with Crippen molar-refractivity contribution in [1.82, 2.24) is 8.75 Å². The highest BCUT2D eigenvalue weighted by molar-refractivity contribution is 9.10. The average Bonchev–Trinajstić information content (AvgIpc) is 2.97. The first-order valence-corrected chi connectivity index (χ1v) is 7.23. The van der Waals surface area contributed by atoms with Gasteiger partial charge < -0.3 is 15.2 Å². The summed E-state index contributed by atoms with van der Waals surface area (Å²) in [7, 11) is 0. The van der Waals surface area contributed by atoms with Gasteiger partial charge in [0, 0.05) is 11.0 Å². The molecule has 2 N–H and O–H groups in total. The first-order valence-electron chi connectivity index (χ1n) is 5.71. The molecule has 2 aromatic rings. The molecule has 0 radical (unpaired) electrons. The Hall–Kier alpha value is -1.69. The minimum atomic E-state index is -0.716. The Morgan fingerprint density at radius 3 is 3.10 bits per heavy atom. The lowest BCUT2D eigenvalue weighted by molar-refractivity contribution is 0.115. The molecule has 6 nitrogen and oxygen atoms in total. The van der Waals surface area contributed by atoms with E-state index in [1.807, 2.05) is 6.07 Å². The summed E-state index contributed by atoms with van der Waals surface area (Å²) in [5.74, 6) is 0.399. The number of ether oxygens (including phenoxy) is 1. The summed E-state index contributed by atoms with van der Waals surface area (Å²) < 4.78 is 13.7. The molecule has 2 rings (SSSR count). The first-order chi connectivity index (χ1) is 9.69. The van der Waals surface area contributed by atoms with E-state index < -0.39 is 6.10 Å². The number of halogens is 1. The Morgan fingerprint density at radius 1 is 1.55 bits per heavy atom. The lowest BCUT2D eigenvalue weighted by Crippen LogP contribution is -2.26. The van der Waals surface area contributed by atoms with Crippen LogP contribution in [0.4, 0.5) is 5.69 Å². The van der Waals surface area contributed by atoms with Gasteiger partial charge in [-0.3, -0.25) is 0 Å². The number of nitriles is 1. The van der Waals surface area contributed by atoms with E-state index >= 15 is 0 Å². The first kappa shape index (κ1) is 14.7. The van der Waals surface area contributed by atoms with Crippen LogP contribution in [0, 0.1) is 11.3 Å². The van der Waals surface area contributed by atoms with Crippen molar-refractivity contribution < 1.29 is 9.84 Å². The van der Waals surface area contributed by atoms with E-state index in [2.05, 4.69) is 36.1 Å². The van der Waals surface area contributed by atoms with Crippen molar-refractivity contribution in [2.75, 3.05) is 18.5 Å². The quantitative estimate of drug-likeness (QED) is 0.824.